The second-order valence-electron chi connectivity index (χ2n) is 5.14. The van der Waals surface area contributed by atoms with E-state index in [4.69, 9.17) is 9.88 Å². The van der Waals surface area contributed by atoms with Crippen LogP contribution >= 0.6 is 23.7 Å². The Bertz CT molecular complexity index is 763. The molecule has 0 saturated heterocycles. The fourth-order valence-electron chi connectivity index (χ4n) is 2.53. The summed E-state index contributed by atoms with van der Waals surface area (Å²) in [5.41, 5.74) is 0.475. The molecule has 0 radical (unpaired) electrons. The van der Waals surface area contributed by atoms with Gasteiger partial charge in [-0.05, 0) is 25.1 Å². The van der Waals surface area contributed by atoms with Crippen LogP contribution in [0.25, 0.3) is 0 Å². The Kier molecular flexibility index (Phi) is 7.63. The molecule has 24 heavy (non-hydrogen) atoms. The molecule has 2 rings (SSSR count). The second-order valence-corrected chi connectivity index (χ2v) is 9.94. The predicted octanol–water partition coefficient (Wildman–Crippen LogP) is 0.207. The molecule has 0 fully saturated rings. The number of nitrogens with one attached hydrogen (secondary N) is 2. The molecule has 2 heterocycles. The molecular formula is C12H22ClN3O5S3. The Hall–Kier alpha value is -0.270. The fourth-order valence-corrected chi connectivity index (χ4v) is 6.33. The molecular weight excluding hydrogens is 398 g/mol. The van der Waals surface area contributed by atoms with E-state index in [1.54, 1.807) is 0 Å². The van der Waals surface area contributed by atoms with Crippen LogP contribution < -0.4 is 15.2 Å². The number of hydrogen-bond donors (Lipinski definition) is 3. The summed E-state index contributed by atoms with van der Waals surface area (Å²) in [6.07, 6.45) is 0. The number of primary sulfonamides is 1. The number of likely N-dealkylation sites (N-methyl/N-ethyl adjacent to an activating group) is 1. The minimum atomic E-state index is -3.95. The van der Waals surface area contributed by atoms with Gasteiger partial charge in [0.1, 0.15) is 8.42 Å². The molecule has 8 nitrogen and oxygen atoms in total. The van der Waals surface area contributed by atoms with Crippen molar-refractivity contribution in [1.29, 1.82) is 0 Å². The third-order valence-electron chi connectivity index (χ3n) is 3.57. The molecule has 0 aliphatic carbocycles. The zero-order valence-corrected chi connectivity index (χ0v) is 16.6. The molecule has 0 saturated carbocycles. The van der Waals surface area contributed by atoms with Crippen LogP contribution in [0.15, 0.2) is 14.5 Å². The summed E-state index contributed by atoms with van der Waals surface area (Å²) >= 11 is 0.680. The summed E-state index contributed by atoms with van der Waals surface area (Å²) in [5.74, 6) is -0.230. The van der Waals surface area contributed by atoms with Gasteiger partial charge >= 0.3 is 0 Å². The van der Waals surface area contributed by atoms with Crippen molar-refractivity contribution < 1.29 is 21.6 Å². The van der Waals surface area contributed by atoms with Crippen LogP contribution in [0, 0.1) is 0 Å². The molecule has 140 valence electrons. The summed E-state index contributed by atoms with van der Waals surface area (Å²) in [6, 6.07) is 1.24. The van der Waals surface area contributed by atoms with Crippen LogP contribution in [0.4, 0.5) is 0 Å². The van der Waals surface area contributed by atoms with Gasteiger partial charge in [-0.2, -0.15) is 0 Å². The number of fused-ring (bicyclic) bond motifs is 1. The Balaban J connectivity index is 0.00000288. The van der Waals surface area contributed by atoms with Crippen molar-refractivity contribution >= 4 is 43.8 Å². The standard InChI is InChI=1S/C12H21N3O5S3.ClH/c1-3-14-10(7-20-4-2)9-6-15-23(18,19)12-8(9)5-11(21-12)22(13,16)17;/h5,9-10,14-15H,3-4,6-7H2,1-2H3,(H2,13,16,17);1H. The van der Waals surface area contributed by atoms with Gasteiger partial charge in [0.15, 0.2) is 0 Å². The lowest BCUT2D eigenvalue weighted by molar-refractivity contribution is 0.114. The molecule has 0 spiro atoms. The van der Waals surface area contributed by atoms with E-state index in [1.807, 2.05) is 13.8 Å². The van der Waals surface area contributed by atoms with E-state index in [0.717, 1.165) is 0 Å². The van der Waals surface area contributed by atoms with Crippen molar-refractivity contribution in [2.24, 2.45) is 5.14 Å². The number of ether oxygens (including phenoxy) is 1. The lowest BCUT2D eigenvalue weighted by Crippen LogP contribution is -2.46. The van der Waals surface area contributed by atoms with Crippen LogP contribution in [0.5, 0.6) is 0 Å². The molecule has 0 bridgehead atoms. The first-order valence-corrected chi connectivity index (χ1v) is 11.0. The minimum Gasteiger partial charge on any atom is -0.380 e. The van der Waals surface area contributed by atoms with Gasteiger partial charge in [-0.15, -0.1) is 23.7 Å². The number of sulfonamides is 2. The maximum atomic E-state index is 12.2. The molecule has 2 atom stereocenters. The Labute approximate surface area is 152 Å². The van der Waals surface area contributed by atoms with Gasteiger partial charge in [-0.1, -0.05) is 6.92 Å². The SMILES string of the molecule is CCNC(COCC)C1CNS(=O)(=O)c2sc(S(N)(=O)=O)cc21.Cl. The monoisotopic (exact) mass is 419 g/mol. The van der Waals surface area contributed by atoms with Crippen LogP contribution in [-0.2, 0) is 24.8 Å². The van der Waals surface area contributed by atoms with E-state index in [-0.39, 0.29) is 39.3 Å². The van der Waals surface area contributed by atoms with E-state index in [0.29, 0.717) is 36.7 Å². The fraction of sp³-hybridized carbons (Fsp3) is 0.667. The average Bonchev–Trinajstić information content (AvgIpc) is 2.91. The van der Waals surface area contributed by atoms with Crippen molar-refractivity contribution in [3.8, 4) is 0 Å². The first kappa shape index (κ1) is 21.8. The van der Waals surface area contributed by atoms with Crippen LogP contribution in [0.2, 0.25) is 0 Å². The van der Waals surface area contributed by atoms with Crippen molar-refractivity contribution in [3.63, 3.8) is 0 Å². The van der Waals surface area contributed by atoms with E-state index in [9.17, 15) is 16.8 Å². The smallest absolute Gasteiger partial charge is 0.250 e. The van der Waals surface area contributed by atoms with Crippen LogP contribution in [0.1, 0.15) is 25.3 Å². The van der Waals surface area contributed by atoms with Gasteiger partial charge in [0, 0.05) is 25.1 Å². The van der Waals surface area contributed by atoms with Crippen LogP contribution in [-0.4, -0.2) is 49.2 Å². The normalized spacial score (nSPS) is 20.9. The maximum Gasteiger partial charge on any atom is 0.250 e. The highest BCUT2D eigenvalue weighted by Crippen LogP contribution is 2.38. The summed E-state index contributed by atoms with van der Waals surface area (Å²) in [7, 11) is -7.65. The molecule has 2 unspecified atom stereocenters. The first-order valence-electron chi connectivity index (χ1n) is 7.18. The molecule has 1 aliphatic rings. The van der Waals surface area contributed by atoms with Gasteiger partial charge in [-0.3, -0.25) is 0 Å². The third-order valence-corrected chi connectivity index (χ3v) is 8.12. The zero-order chi connectivity index (χ0) is 17.3. The molecule has 0 amide bonds. The Morgan fingerprint density at radius 3 is 2.71 bits per heavy atom. The van der Waals surface area contributed by atoms with Crippen molar-refractivity contribution in [1.82, 2.24) is 10.0 Å². The highest BCUT2D eigenvalue weighted by atomic mass is 35.5. The second kappa shape index (κ2) is 8.41. The zero-order valence-electron chi connectivity index (χ0n) is 13.3. The van der Waals surface area contributed by atoms with Crippen molar-refractivity contribution in [2.45, 2.75) is 34.2 Å². The number of halogens is 1. The number of nitrogens with two attached hydrogens (primary N) is 1. The largest absolute Gasteiger partial charge is 0.380 e. The molecule has 4 N–H and O–H groups in total. The quantitative estimate of drug-likeness (QED) is 0.579. The first-order chi connectivity index (χ1) is 10.7. The topological polar surface area (TPSA) is 128 Å². The van der Waals surface area contributed by atoms with Crippen molar-refractivity contribution in [2.75, 3.05) is 26.3 Å². The highest BCUT2D eigenvalue weighted by molar-refractivity contribution is 7.94. The molecule has 1 aliphatic heterocycles. The number of thiophene rings is 1. The molecule has 0 aromatic carbocycles. The number of hydrogen-bond acceptors (Lipinski definition) is 7. The van der Waals surface area contributed by atoms with E-state index >= 15 is 0 Å². The van der Waals surface area contributed by atoms with Crippen molar-refractivity contribution in [3.05, 3.63) is 11.6 Å². The van der Waals surface area contributed by atoms with E-state index < -0.39 is 20.0 Å². The van der Waals surface area contributed by atoms with Gasteiger partial charge in [-0.25, -0.2) is 26.7 Å². The summed E-state index contributed by atoms with van der Waals surface area (Å²) in [5, 5.41) is 8.41. The summed E-state index contributed by atoms with van der Waals surface area (Å²) in [4.78, 5) is 0. The average molecular weight is 420 g/mol. The van der Waals surface area contributed by atoms with E-state index in [2.05, 4.69) is 10.0 Å². The van der Waals surface area contributed by atoms with Gasteiger partial charge < -0.3 is 10.1 Å². The van der Waals surface area contributed by atoms with Gasteiger partial charge in [0.2, 0.25) is 20.0 Å². The minimum absolute atomic E-state index is 0. The predicted molar refractivity (Wildman–Crippen MR) is 94.8 cm³/mol. The molecule has 1 aromatic heterocycles. The maximum absolute atomic E-state index is 12.2. The summed E-state index contributed by atoms with van der Waals surface area (Å²) in [6.45, 7) is 5.62. The third kappa shape index (κ3) is 4.67. The summed E-state index contributed by atoms with van der Waals surface area (Å²) < 4.78 is 55.3. The highest BCUT2D eigenvalue weighted by Gasteiger charge is 2.37. The number of rotatable bonds is 7. The molecule has 1 aromatic rings. The van der Waals surface area contributed by atoms with Gasteiger partial charge in [0.05, 0.1) is 6.61 Å². The van der Waals surface area contributed by atoms with Gasteiger partial charge in [0.25, 0.3) is 0 Å². The van der Waals surface area contributed by atoms with E-state index in [1.165, 1.54) is 6.07 Å². The Morgan fingerprint density at radius 1 is 1.50 bits per heavy atom. The Morgan fingerprint density at radius 2 is 2.17 bits per heavy atom. The lowest BCUT2D eigenvalue weighted by Gasteiger charge is -2.31. The molecule has 12 heteroatoms. The lowest BCUT2D eigenvalue weighted by atomic mass is 9.94. The van der Waals surface area contributed by atoms with Crippen LogP contribution in [0.3, 0.4) is 0 Å².